The van der Waals surface area contributed by atoms with Crippen LogP contribution in [-0.4, -0.2) is 6.54 Å². The molecular formula is C14H19NS2. The van der Waals surface area contributed by atoms with Crippen LogP contribution in [0.15, 0.2) is 23.6 Å². The van der Waals surface area contributed by atoms with Crippen molar-refractivity contribution in [1.29, 1.82) is 0 Å². The highest BCUT2D eigenvalue weighted by Gasteiger charge is 2.18. The van der Waals surface area contributed by atoms with Crippen molar-refractivity contribution in [3.8, 4) is 0 Å². The smallest absolute Gasteiger partial charge is 0.0767 e. The van der Waals surface area contributed by atoms with Crippen LogP contribution in [0.3, 0.4) is 0 Å². The molecule has 1 N–H and O–H groups in total. The van der Waals surface area contributed by atoms with Crippen LogP contribution in [0.2, 0.25) is 0 Å². The highest BCUT2D eigenvalue weighted by atomic mass is 32.1. The molecule has 0 spiro atoms. The van der Waals surface area contributed by atoms with E-state index < -0.39 is 0 Å². The molecule has 0 bridgehead atoms. The van der Waals surface area contributed by atoms with Crippen molar-refractivity contribution in [1.82, 2.24) is 5.32 Å². The van der Waals surface area contributed by atoms with Crippen LogP contribution in [0.1, 0.15) is 39.6 Å². The van der Waals surface area contributed by atoms with E-state index in [2.05, 4.69) is 49.7 Å². The molecule has 0 aliphatic carbocycles. The molecular weight excluding hydrogens is 246 g/mol. The second kappa shape index (κ2) is 5.80. The maximum absolute atomic E-state index is 3.66. The molecule has 0 amide bonds. The molecule has 2 aromatic heterocycles. The molecule has 1 atom stereocenters. The Labute approximate surface area is 112 Å². The Morgan fingerprint density at radius 1 is 1.35 bits per heavy atom. The quantitative estimate of drug-likeness (QED) is 0.838. The fourth-order valence-corrected chi connectivity index (χ4v) is 4.03. The third-order valence-corrected chi connectivity index (χ3v) is 4.92. The summed E-state index contributed by atoms with van der Waals surface area (Å²) in [6.45, 7) is 7.68. The number of nitrogens with one attached hydrogen (secondary N) is 1. The molecule has 2 aromatic rings. The lowest BCUT2D eigenvalue weighted by atomic mass is 10.1. The Hall–Kier alpha value is -0.640. The van der Waals surface area contributed by atoms with Gasteiger partial charge in [-0.1, -0.05) is 13.0 Å². The summed E-state index contributed by atoms with van der Waals surface area (Å²) in [4.78, 5) is 4.29. The second-order valence-corrected chi connectivity index (χ2v) is 6.57. The van der Waals surface area contributed by atoms with Crippen molar-refractivity contribution in [2.24, 2.45) is 0 Å². The molecule has 1 nitrogen and oxygen atoms in total. The standard InChI is InChI=1S/C14H19NS2/c1-4-7-15-13(12-6-5-8-16-12)14-10(2)9-11(3)17-14/h5-6,8-9,13,15H,4,7H2,1-3H3. The Morgan fingerprint density at radius 2 is 2.18 bits per heavy atom. The maximum Gasteiger partial charge on any atom is 0.0767 e. The zero-order valence-corrected chi connectivity index (χ0v) is 12.3. The van der Waals surface area contributed by atoms with Gasteiger partial charge < -0.3 is 5.32 Å². The maximum atomic E-state index is 3.66. The van der Waals surface area contributed by atoms with E-state index in [1.54, 1.807) is 0 Å². The summed E-state index contributed by atoms with van der Waals surface area (Å²) in [6.07, 6.45) is 1.17. The Balaban J connectivity index is 2.30. The lowest BCUT2D eigenvalue weighted by Crippen LogP contribution is -2.22. The van der Waals surface area contributed by atoms with E-state index in [1.807, 2.05) is 22.7 Å². The van der Waals surface area contributed by atoms with Gasteiger partial charge in [0.05, 0.1) is 6.04 Å². The molecule has 0 radical (unpaired) electrons. The molecule has 92 valence electrons. The van der Waals surface area contributed by atoms with Gasteiger partial charge in [0.25, 0.3) is 0 Å². The largest absolute Gasteiger partial charge is 0.305 e. The monoisotopic (exact) mass is 265 g/mol. The van der Waals surface area contributed by atoms with Crippen molar-refractivity contribution in [2.45, 2.75) is 33.2 Å². The van der Waals surface area contributed by atoms with Gasteiger partial charge in [-0.3, -0.25) is 0 Å². The third-order valence-electron chi connectivity index (χ3n) is 2.77. The van der Waals surface area contributed by atoms with Gasteiger partial charge in [-0.05, 0) is 49.9 Å². The van der Waals surface area contributed by atoms with Crippen LogP contribution in [0.4, 0.5) is 0 Å². The van der Waals surface area contributed by atoms with Gasteiger partial charge in [-0.25, -0.2) is 0 Å². The summed E-state index contributed by atoms with van der Waals surface area (Å²) in [6, 6.07) is 7.03. The Kier molecular flexibility index (Phi) is 4.37. The van der Waals surface area contributed by atoms with Crippen LogP contribution < -0.4 is 5.32 Å². The number of aryl methyl sites for hydroxylation is 2. The van der Waals surface area contributed by atoms with Crippen molar-refractivity contribution in [3.63, 3.8) is 0 Å². The fourth-order valence-electron chi connectivity index (χ4n) is 2.01. The van der Waals surface area contributed by atoms with Gasteiger partial charge >= 0.3 is 0 Å². The first-order valence-corrected chi connectivity index (χ1v) is 7.75. The topological polar surface area (TPSA) is 12.0 Å². The molecule has 2 rings (SSSR count). The first-order valence-electron chi connectivity index (χ1n) is 6.06. The minimum Gasteiger partial charge on any atom is -0.305 e. The third kappa shape index (κ3) is 2.97. The van der Waals surface area contributed by atoms with Crippen molar-refractivity contribution in [3.05, 3.63) is 43.8 Å². The van der Waals surface area contributed by atoms with E-state index in [9.17, 15) is 0 Å². The van der Waals surface area contributed by atoms with Crippen LogP contribution in [0.25, 0.3) is 0 Å². The summed E-state index contributed by atoms with van der Waals surface area (Å²) >= 11 is 3.75. The van der Waals surface area contributed by atoms with Gasteiger partial charge in [0.1, 0.15) is 0 Å². The van der Waals surface area contributed by atoms with Crippen LogP contribution >= 0.6 is 22.7 Å². The summed E-state index contributed by atoms with van der Waals surface area (Å²) in [7, 11) is 0. The number of hydrogen-bond donors (Lipinski definition) is 1. The van der Waals surface area contributed by atoms with E-state index >= 15 is 0 Å². The van der Waals surface area contributed by atoms with E-state index in [-0.39, 0.29) is 0 Å². The molecule has 1 unspecified atom stereocenters. The van der Waals surface area contributed by atoms with Gasteiger partial charge in [0, 0.05) is 14.6 Å². The molecule has 0 saturated carbocycles. The van der Waals surface area contributed by atoms with E-state index in [4.69, 9.17) is 0 Å². The average molecular weight is 265 g/mol. The Morgan fingerprint density at radius 3 is 2.71 bits per heavy atom. The highest BCUT2D eigenvalue weighted by molar-refractivity contribution is 7.13. The van der Waals surface area contributed by atoms with E-state index in [1.165, 1.54) is 26.6 Å². The van der Waals surface area contributed by atoms with Gasteiger partial charge in [0.15, 0.2) is 0 Å². The molecule has 2 heterocycles. The summed E-state index contributed by atoms with van der Waals surface area (Å²) in [5.74, 6) is 0. The minimum atomic E-state index is 0.383. The van der Waals surface area contributed by atoms with Crippen LogP contribution in [0, 0.1) is 13.8 Å². The van der Waals surface area contributed by atoms with Crippen molar-refractivity contribution < 1.29 is 0 Å². The van der Waals surface area contributed by atoms with E-state index in [0.29, 0.717) is 6.04 Å². The number of hydrogen-bond acceptors (Lipinski definition) is 3. The molecule has 0 aliphatic rings. The number of thiophene rings is 2. The molecule has 0 fully saturated rings. The molecule has 0 aliphatic heterocycles. The summed E-state index contributed by atoms with van der Waals surface area (Å²) in [5.41, 5.74) is 1.41. The molecule has 0 saturated heterocycles. The second-order valence-electron chi connectivity index (χ2n) is 4.31. The van der Waals surface area contributed by atoms with Gasteiger partial charge in [0.2, 0.25) is 0 Å². The predicted molar refractivity (Wildman–Crippen MR) is 78.2 cm³/mol. The lowest BCUT2D eigenvalue weighted by Gasteiger charge is -2.16. The SMILES string of the molecule is CCCNC(c1cccs1)c1sc(C)cc1C. The molecule has 17 heavy (non-hydrogen) atoms. The van der Waals surface area contributed by atoms with Gasteiger partial charge in [-0.15, -0.1) is 22.7 Å². The fraction of sp³-hybridized carbons (Fsp3) is 0.429. The van der Waals surface area contributed by atoms with Crippen molar-refractivity contribution >= 4 is 22.7 Å². The normalized spacial score (nSPS) is 12.9. The zero-order valence-electron chi connectivity index (χ0n) is 10.6. The minimum absolute atomic E-state index is 0.383. The first-order chi connectivity index (χ1) is 8.22. The zero-order chi connectivity index (χ0) is 12.3. The first kappa shape index (κ1) is 12.8. The highest BCUT2D eigenvalue weighted by Crippen LogP contribution is 2.33. The van der Waals surface area contributed by atoms with Crippen molar-refractivity contribution in [2.75, 3.05) is 6.54 Å². The van der Waals surface area contributed by atoms with Gasteiger partial charge in [-0.2, -0.15) is 0 Å². The van der Waals surface area contributed by atoms with E-state index in [0.717, 1.165) is 6.54 Å². The van der Waals surface area contributed by atoms with Crippen LogP contribution in [-0.2, 0) is 0 Å². The van der Waals surface area contributed by atoms with Crippen LogP contribution in [0.5, 0.6) is 0 Å². The Bertz CT molecular complexity index is 457. The lowest BCUT2D eigenvalue weighted by molar-refractivity contribution is 0.611. The summed E-state index contributed by atoms with van der Waals surface area (Å²) < 4.78 is 0. The number of rotatable bonds is 5. The summed E-state index contributed by atoms with van der Waals surface area (Å²) in [5, 5.41) is 5.82. The molecule has 3 heteroatoms. The predicted octanol–water partition coefficient (Wildman–Crippen LogP) is 4.52. The average Bonchev–Trinajstić information content (AvgIpc) is 2.90. The molecule has 0 aromatic carbocycles.